The van der Waals surface area contributed by atoms with Crippen LogP contribution in [0.2, 0.25) is 0 Å². The Morgan fingerprint density at radius 3 is 3.06 bits per heavy atom. The molecule has 0 saturated carbocycles. The van der Waals surface area contributed by atoms with E-state index >= 15 is 0 Å². The van der Waals surface area contributed by atoms with Crippen molar-refractivity contribution in [2.75, 3.05) is 0 Å². The molecule has 0 saturated heterocycles. The average Bonchev–Trinajstić information content (AvgIpc) is 2.73. The van der Waals surface area contributed by atoms with Gasteiger partial charge in [-0.15, -0.1) is 11.8 Å². The monoisotopic (exact) mass is 226 g/mol. The van der Waals surface area contributed by atoms with Gasteiger partial charge in [0.25, 0.3) is 0 Å². The summed E-state index contributed by atoms with van der Waals surface area (Å²) in [5.74, 6) is 5.88. The molecule has 1 heterocycles. The third kappa shape index (κ3) is 2.73. The van der Waals surface area contributed by atoms with Crippen LogP contribution in [0.5, 0.6) is 0 Å². The van der Waals surface area contributed by atoms with Crippen molar-refractivity contribution in [2.45, 2.75) is 26.3 Å². The number of benzene rings is 1. The molecular formula is C14H14N2O. The molecule has 3 heteroatoms. The van der Waals surface area contributed by atoms with Crippen LogP contribution in [-0.2, 0) is 11.3 Å². The molecule has 3 nitrogen and oxygen atoms in total. The van der Waals surface area contributed by atoms with E-state index in [0.717, 1.165) is 11.0 Å². The summed E-state index contributed by atoms with van der Waals surface area (Å²) in [4.78, 5) is 16.0. The molecule has 0 aliphatic rings. The first kappa shape index (κ1) is 11.4. The van der Waals surface area contributed by atoms with Gasteiger partial charge in [0.1, 0.15) is 0 Å². The zero-order chi connectivity index (χ0) is 12.1. The predicted molar refractivity (Wildman–Crippen MR) is 67.4 cm³/mol. The van der Waals surface area contributed by atoms with Crippen molar-refractivity contribution in [2.24, 2.45) is 0 Å². The number of para-hydroxylation sites is 2. The zero-order valence-electron chi connectivity index (χ0n) is 9.81. The van der Waals surface area contributed by atoms with E-state index < -0.39 is 0 Å². The summed E-state index contributed by atoms with van der Waals surface area (Å²) in [7, 11) is 0. The molecule has 0 bridgehead atoms. The Bertz CT molecular complexity index is 587. The van der Waals surface area contributed by atoms with Crippen molar-refractivity contribution in [3.63, 3.8) is 0 Å². The van der Waals surface area contributed by atoms with Gasteiger partial charge in [-0.05, 0) is 19.1 Å². The summed E-state index contributed by atoms with van der Waals surface area (Å²) in [6.45, 7) is 2.17. The van der Waals surface area contributed by atoms with Crippen LogP contribution in [0.25, 0.3) is 11.0 Å². The van der Waals surface area contributed by atoms with E-state index in [1.807, 2.05) is 28.8 Å². The zero-order valence-corrected chi connectivity index (χ0v) is 9.81. The molecule has 86 valence electrons. The van der Waals surface area contributed by atoms with E-state index in [9.17, 15) is 4.79 Å². The molecule has 17 heavy (non-hydrogen) atoms. The van der Waals surface area contributed by atoms with Gasteiger partial charge in [-0.2, -0.15) is 0 Å². The fraction of sp³-hybridized carbons (Fsp3) is 0.286. The molecule has 0 N–H and O–H groups in total. The van der Waals surface area contributed by atoms with Gasteiger partial charge in [-0.25, -0.2) is 4.98 Å². The highest BCUT2D eigenvalue weighted by molar-refractivity contribution is 5.81. The fourth-order valence-corrected chi connectivity index (χ4v) is 1.73. The smallest absolute Gasteiger partial charge is 0.153 e. The van der Waals surface area contributed by atoms with E-state index in [1.165, 1.54) is 0 Å². The van der Waals surface area contributed by atoms with Crippen molar-refractivity contribution in [1.29, 1.82) is 0 Å². The molecule has 0 aliphatic heterocycles. The Labute approximate surface area is 100 Å². The van der Waals surface area contributed by atoms with Crippen LogP contribution >= 0.6 is 0 Å². The van der Waals surface area contributed by atoms with Gasteiger partial charge < -0.3 is 4.57 Å². The summed E-state index contributed by atoms with van der Waals surface area (Å²) in [6.07, 6.45) is 2.86. The Kier molecular flexibility index (Phi) is 3.56. The van der Waals surface area contributed by atoms with Crippen LogP contribution in [0.15, 0.2) is 30.6 Å². The van der Waals surface area contributed by atoms with Crippen LogP contribution in [0, 0.1) is 11.8 Å². The average molecular weight is 226 g/mol. The number of fused-ring (bicyclic) bond motifs is 1. The van der Waals surface area contributed by atoms with Crippen LogP contribution in [0.1, 0.15) is 19.8 Å². The van der Waals surface area contributed by atoms with Gasteiger partial charge in [-0.3, -0.25) is 4.79 Å². The van der Waals surface area contributed by atoms with Crippen molar-refractivity contribution in [3.05, 3.63) is 30.6 Å². The number of carbonyl (C=O) groups is 1. The van der Waals surface area contributed by atoms with Crippen molar-refractivity contribution < 1.29 is 4.79 Å². The predicted octanol–water partition coefficient (Wildman–Crippen LogP) is 2.41. The molecular weight excluding hydrogens is 212 g/mol. The topological polar surface area (TPSA) is 34.9 Å². The van der Waals surface area contributed by atoms with Crippen LogP contribution in [0.3, 0.4) is 0 Å². The maximum atomic E-state index is 11.7. The lowest BCUT2D eigenvalue weighted by Gasteiger charge is -2.01. The van der Waals surface area contributed by atoms with Gasteiger partial charge in [-0.1, -0.05) is 12.1 Å². The van der Waals surface area contributed by atoms with Gasteiger partial charge in [0.15, 0.2) is 5.78 Å². The summed E-state index contributed by atoms with van der Waals surface area (Å²) < 4.78 is 1.89. The molecule has 0 radical (unpaired) electrons. The maximum Gasteiger partial charge on any atom is 0.153 e. The standard InChI is InChI=1S/C14H14N2O/c1-2-3-4-7-12(17)10-16-11-15-13-8-5-6-9-14(13)16/h5-6,8-9,11H,4,7,10H2,1H3. The minimum Gasteiger partial charge on any atom is -0.323 e. The lowest BCUT2D eigenvalue weighted by molar-refractivity contribution is -0.119. The minimum absolute atomic E-state index is 0.191. The second kappa shape index (κ2) is 5.31. The van der Waals surface area contributed by atoms with E-state index in [4.69, 9.17) is 0 Å². The number of rotatable bonds is 4. The minimum atomic E-state index is 0.191. The van der Waals surface area contributed by atoms with Gasteiger partial charge in [0.05, 0.1) is 23.9 Å². The van der Waals surface area contributed by atoms with Crippen LogP contribution in [0.4, 0.5) is 0 Å². The Morgan fingerprint density at radius 2 is 2.24 bits per heavy atom. The summed E-state index contributed by atoms with van der Waals surface area (Å²) in [5, 5.41) is 0. The van der Waals surface area contributed by atoms with Gasteiger partial charge >= 0.3 is 0 Å². The highest BCUT2D eigenvalue weighted by atomic mass is 16.1. The Balaban J connectivity index is 2.07. The molecule has 0 atom stereocenters. The van der Waals surface area contributed by atoms with Crippen molar-refractivity contribution in [3.8, 4) is 11.8 Å². The van der Waals surface area contributed by atoms with E-state index in [1.54, 1.807) is 13.3 Å². The van der Waals surface area contributed by atoms with Crippen molar-refractivity contribution in [1.82, 2.24) is 9.55 Å². The summed E-state index contributed by atoms with van der Waals surface area (Å²) >= 11 is 0. The quantitative estimate of drug-likeness (QED) is 0.750. The second-order valence-corrected chi connectivity index (χ2v) is 3.83. The molecule has 0 amide bonds. The normalized spacial score (nSPS) is 9.94. The number of Topliss-reactive ketones (excluding diaryl/α,β-unsaturated/α-hetero) is 1. The Morgan fingerprint density at radius 1 is 1.41 bits per heavy atom. The largest absolute Gasteiger partial charge is 0.323 e. The second-order valence-electron chi connectivity index (χ2n) is 3.83. The van der Waals surface area contributed by atoms with E-state index in [2.05, 4.69) is 16.8 Å². The van der Waals surface area contributed by atoms with Gasteiger partial charge in [0, 0.05) is 12.8 Å². The summed E-state index contributed by atoms with van der Waals surface area (Å²) in [5.41, 5.74) is 1.93. The molecule has 2 rings (SSSR count). The van der Waals surface area contributed by atoms with Crippen molar-refractivity contribution >= 4 is 16.8 Å². The molecule has 0 fully saturated rings. The summed E-state index contributed by atoms with van der Waals surface area (Å²) in [6, 6.07) is 7.81. The van der Waals surface area contributed by atoms with E-state index in [-0.39, 0.29) is 5.78 Å². The maximum absolute atomic E-state index is 11.7. The Hall–Kier alpha value is -2.08. The van der Waals surface area contributed by atoms with Gasteiger partial charge in [0.2, 0.25) is 0 Å². The number of aromatic nitrogens is 2. The first-order valence-corrected chi connectivity index (χ1v) is 5.62. The lowest BCUT2D eigenvalue weighted by atomic mass is 10.2. The number of ketones is 1. The number of imidazole rings is 1. The highest BCUT2D eigenvalue weighted by Gasteiger charge is 2.05. The molecule has 1 aromatic heterocycles. The van der Waals surface area contributed by atoms with Crippen LogP contribution < -0.4 is 0 Å². The highest BCUT2D eigenvalue weighted by Crippen LogP contribution is 2.11. The lowest BCUT2D eigenvalue weighted by Crippen LogP contribution is -2.08. The molecule has 0 unspecified atom stereocenters. The third-order valence-corrected chi connectivity index (χ3v) is 2.58. The molecule has 0 aliphatic carbocycles. The molecule has 1 aromatic carbocycles. The third-order valence-electron chi connectivity index (χ3n) is 2.58. The fourth-order valence-electron chi connectivity index (χ4n) is 1.73. The SMILES string of the molecule is CC#CCCC(=O)Cn1cnc2ccccc21. The number of carbonyl (C=O) groups excluding carboxylic acids is 1. The molecule has 2 aromatic rings. The van der Waals surface area contributed by atoms with E-state index in [0.29, 0.717) is 19.4 Å². The molecule has 0 spiro atoms. The number of hydrogen-bond acceptors (Lipinski definition) is 2. The number of nitrogens with zero attached hydrogens (tertiary/aromatic N) is 2. The first-order chi connectivity index (χ1) is 8.31. The number of hydrogen-bond donors (Lipinski definition) is 0. The first-order valence-electron chi connectivity index (χ1n) is 5.62. The van der Waals surface area contributed by atoms with Crippen LogP contribution in [-0.4, -0.2) is 15.3 Å².